The van der Waals surface area contributed by atoms with Gasteiger partial charge in [0, 0.05) is 0 Å². The number of hydrogen-bond donors (Lipinski definition) is 0. The molecule has 0 aliphatic heterocycles. The lowest BCUT2D eigenvalue weighted by atomic mass is 9.89. The SMILES string of the molecule is c1cc(-c2ccc3cc(-c4cc5c(ccc6c7ccccc7ccc65)c5ccccc45)ccc3c2)cc(-c2cc3ccccc3c3ccccc23)c1. The second kappa shape index (κ2) is 11.4. The molecule has 0 bridgehead atoms. The summed E-state index contributed by atoms with van der Waals surface area (Å²) >= 11 is 0. The van der Waals surface area contributed by atoms with Gasteiger partial charge >= 0.3 is 0 Å². The van der Waals surface area contributed by atoms with Gasteiger partial charge in [-0.15, -0.1) is 0 Å². The van der Waals surface area contributed by atoms with Gasteiger partial charge in [0.2, 0.25) is 0 Å². The van der Waals surface area contributed by atoms with E-state index in [0.717, 1.165) is 0 Å². The molecule has 0 saturated heterocycles. The number of rotatable bonds is 3. The number of fused-ring (bicyclic) bond motifs is 11. The molecule has 52 heavy (non-hydrogen) atoms. The summed E-state index contributed by atoms with van der Waals surface area (Å²) in [6, 6.07) is 71.9. The lowest BCUT2D eigenvalue weighted by Crippen LogP contribution is -1.88. The van der Waals surface area contributed by atoms with Crippen molar-refractivity contribution in [1.29, 1.82) is 0 Å². The van der Waals surface area contributed by atoms with Crippen LogP contribution in [-0.4, -0.2) is 0 Å². The zero-order valence-corrected chi connectivity index (χ0v) is 28.5. The molecule has 240 valence electrons. The summed E-state index contributed by atoms with van der Waals surface area (Å²) in [5, 5.41) is 18.0. The normalized spacial score (nSPS) is 11.8. The van der Waals surface area contributed by atoms with Crippen molar-refractivity contribution in [3.63, 3.8) is 0 Å². The van der Waals surface area contributed by atoms with Gasteiger partial charge in [-0.25, -0.2) is 0 Å². The van der Waals surface area contributed by atoms with E-state index in [1.54, 1.807) is 0 Å². The summed E-state index contributed by atoms with van der Waals surface area (Å²) in [5.74, 6) is 0. The molecule has 0 fully saturated rings. The molecule has 0 nitrogen and oxygen atoms in total. The van der Waals surface area contributed by atoms with Crippen LogP contribution in [0, 0.1) is 0 Å². The van der Waals surface area contributed by atoms with Crippen molar-refractivity contribution < 1.29 is 0 Å². The average molecular weight is 657 g/mol. The highest BCUT2D eigenvalue weighted by Gasteiger charge is 2.14. The zero-order chi connectivity index (χ0) is 34.2. The average Bonchev–Trinajstić information content (AvgIpc) is 3.22. The Kier molecular flexibility index (Phi) is 6.35. The zero-order valence-electron chi connectivity index (χ0n) is 28.5. The van der Waals surface area contributed by atoms with Gasteiger partial charge in [0.1, 0.15) is 0 Å². The predicted molar refractivity (Wildman–Crippen MR) is 225 cm³/mol. The summed E-state index contributed by atoms with van der Waals surface area (Å²) in [6.07, 6.45) is 0. The Balaban J connectivity index is 1.03. The molecule has 0 saturated carbocycles. The minimum Gasteiger partial charge on any atom is -0.0616 e. The lowest BCUT2D eigenvalue weighted by Gasteiger charge is -2.15. The van der Waals surface area contributed by atoms with Crippen LogP contribution in [0.1, 0.15) is 0 Å². The fourth-order valence-corrected chi connectivity index (χ4v) is 8.67. The van der Waals surface area contributed by atoms with Crippen LogP contribution in [0.15, 0.2) is 194 Å². The van der Waals surface area contributed by atoms with Gasteiger partial charge in [0.15, 0.2) is 0 Å². The topological polar surface area (TPSA) is 0 Å². The molecule has 0 heterocycles. The standard InChI is InChI=1S/C52H32/c1-3-14-41-33(10-1)24-25-48-47(41)26-27-49-44-17-6-8-19-46(44)51(32-52(48)49)40-23-22-36-28-35(20-21-37(36)30-40)34-12-9-13-38(29-34)50-31-39-11-2-4-15-42(39)43-16-5-7-18-45(43)50/h1-32H. The minimum absolute atomic E-state index is 1.22. The summed E-state index contributed by atoms with van der Waals surface area (Å²) in [6.45, 7) is 0. The Morgan fingerprint density at radius 1 is 0.173 bits per heavy atom. The van der Waals surface area contributed by atoms with Gasteiger partial charge in [-0.3, -0.25) is 0 Å². The molecular formula is C52H32. The molecule has 11 aromatic rings. The fourth-order valence-electron chi connectivity index (χ4n) is 8.67. The lowest BCUT2D eigenvalue weighted by molar-refractivity contribution is 1.62. The van der Waals surface area contributed by atoms with E-state index >= 15 is 0 Å². The van der Waals surface area contributed by atoms with Gasteiger partial charge < -0.3 is 0 Å². The van der Waals surface area contributed by atoms with E-state index < -0.39 is 0 Å². The van der Waals surface area contributed by atoms with Gasteiger partial charge in [-0.2, -0.15) is 0 Å². The van der Waals surface area contributed by atoms with Crippen molar-refractivity contribution in [3.8, 4) is 33.4 Å². The van der Waals surface area contributed by atoms with Crippen molar-refractivity contribution >= 4 is 75.4 Å². The van der Waals surface area contributed by atoms with Crippen LogP contribution in [-0.2, 0) is 0 Å². The van der Waals surface area contributed by atoms with Crippen molar-refractivity contribution in [2.75, 3.05) is 0 Å². The Hall–Kier alpha value is -6.76. The van der Waals surface area contributed by atoms with Gasteiger partial charge in [-0.1, -0.05) is 164 Å². The molecule has 0 heteroatoms. The maximum Gasteiger partial charge on any atom is -0.00926 e. The van der Waals surface area contributed by atoms with E-state index in [9.17, 15) is 0 Å². The monoisotopic (exact) mass is 656 g/mol. The van der Waals surface area contributed by atoms with E-state index in [-0.39, 0.29) is 0 Å². The van der Waals surface area contributed by atoms with E-state index in [4.69, 9.17) is 0 Å². The van der Waals surface area contributed by atoms with Crippen molar-refractivity contribution in [2.45, 2.75) is 0 Å². The van der Waals surface area contributed by atoms with Crippen LogP contribution in [0.5, 0.6) is 0 Å². The van der Waals surface area contributed by atoms with E-state index in [1.165, 1.54) is 109 Å². The second-order valence-electron chi connectivity index (χ2n) is 14.1. The van der Waals surface area contributed by atoms with Gasteiger partial charge in [-0.05, 0) is 139 Å². The Labute approximate surface area is 301 Å². The molecule has 0 aromatic heterocycles. The highest BCUT2D eigenvalue weighted by Crippen LogP contribution is 2.41. The molecule has 0 radical (unpaired) electrons. The second-order valence-corrected chi connectivity index (χ2v) is 14.1. The largest absolute Gasteiger partial charge is 0.0616 e. The Bertz CT molecular complexity index is 3240. The maximum atomic E-state index is 2.42. The Morgan fingerprint density at radius 2 is 0.596 bits per heavy atom. The molecule has 0 aliphatic rings. The summed E-state index contributed by atoms with van der Waals surface area (Å²) in [4.78, 5) is 0. The van der Waals surface area contributed by atoms with E-state index in [0.29, 0.717) is 0 Å². The summed E-state index contributed by atoms with van der Waals surface area (Å²) in [5.41, 5.74) is 7.46. The molecule has 0 atom stereocenters. The number of hydrogen-bond acceptors (Lipinski definition) is 0. The molecule has 0 unspecified atom stereocenters. The van der Waals surface area contributed by atoms with Crippen LogP contribution in [0.2, 0.25) is 0 Å². The molecule has 11 rings (SSSR count). The Morgan fingerprint density at radius 3 is 1.33 bits per heavy atom. The van der Waals surface area contributed by atoms with E-state index in [1.807, 2.05) is 0 Å². The van der Waals surface area contributed by atoms with E-state index in [2.05, 4.69) is 194 Å². The molecule has 0 amide bonds. The predicted octanol–water partition coefficient (Wildman–Crippen LogP) is 14.8. The van der Waals surface area contributed by atoms with Crippen LogP contribution in [0.3, 0.4) is 0 Å². The molecule has 0 aliphatic carbocycles. The molecule has 0 N–H and O–H groups in total. The highest BCUT2D eigenvalue weighted by molar-refractivity contribution is 6.24. The van der Waals surface area contributed by atoms with Crippen LogP contribution < -0.4 is 0 Å². The van der Waals surface area contributed by atoms with Crippen molar-refractivity contribution in [3.05, 3.63) is 194 Å². The van der Waals surface area contributed by atoms with Crippen LogP contribution in [0.25, 0.3) is 109 Å². The first kappa shape index (κ1) is 29.0. The third-order valence-electron chi connectivity index (χ3n) is 11.2. The maximum absolute atomic E-state index is 2.42. The third kappa shape index (κ3) is 4.48. The van der Waals surface area contributed by atoms with Crippen LogP contribution >= 0.6 is 0 Å². The first-order valence-electron chi connectivity index (χ1n) is 18.1. The summed E-state index contributed by atoms with van der Waals surface area (Å²) < 4.78 is 0. The smallest absolute Gasteiger partial charge is 0.00926 e. The number of benzene rings is 11. The minimum atomic E-state index is 1.22. The van der Waals surface area contributed by atoms with Crippen LogP contribution in [0.4, 0.5) is 0 Å². The molecular weight excluding hydrogens is 625 g/mol. The van der Waals surface area contributed by atoms with Crippen molar-refractivity contribution in [1.82, 2.24) is 0 Å². The van der Waals surface area contributed by atoms with Crippen molar-refractivity contribution in [2.24, 2.45) is 0 Å². The summed E-state index contributed by atoms with van der Waals surface area (Å²) in [7, 11) is 0. The first-order chi connectivity index (χ1) is 25.8. The van der Waals surface area contributed by atoms with Gasteiger partial charge in [0.25, 0.3) is 0 Å². The van der Waals surface area contributed by atoms with Gasteiger partial charge in [0.05, 0.1) is 0 Å². The highest BCUT2D eigenvalue weighted by atomic mass is 14.2. The molecule has 0 spiro atoms. The quantitative estimate of drug-likeness (QED) is 0.166. The molecule has 11 aromatic carbocycles. The fraction of sp³-hybridized carbons (Fsp3) is 0. The first-order valence-corrected chi connectivity index (χ1v) is 18.1. The third-order valence-corrected chi connectivity index (χ3v) is 11.2.